The van der Waals surface area contributed by atoms with E-state index in [9.17, 15) is 4.79 Å². The Hall–Kier alpha value is -2.62. The van der Waals surface area contributed by atoms with Crippen molar-refractivity contribution in [2.45, 2.75) is 0 Å². The van der Waals surface area contributed by atoms with Crippen molar-refractivity contribution in [3.05, 3.63) is 59.0 Å². The number of rotatable bonds is 1. The zero-order valence-electron chi connectivity index (χ0n) is 10.5. The maximum Gasteiger partial charge on any atom is 0.275 e. The van der Waals surface area contributed by atoms with Crippen LogP contribution in [0.5, 0.6) is 0 Å². The van der Waals surface area contributed by atoms with Crippen LogP contribution in [0.1, 0.15) is 0 Å². The molecule has 0 spiro atoms. The Morgan fingerprint density at radius 1 is 1.11 bits per heavy atom. The summed E-state index contributed by atoms with van der Waals surface area (Å²) in [5.41, 5.74) is 8.38. The minimum atomic E-state index is -0.218. The Kier molecular flexibility index (Phi) is 2.56. The van der Waals surface area contributed by atoms with Gasteiger partial charge in [-0.1, -0.05) is 30.3 Å². The molecule has 2 aromatic heterocycles. The van der Waals surface area contributed by atoms with Gasteiger partial charge in [0, 0.05) is 24.2 Å². The fraction of sp³-hybridized carbons (Fsp3) is 0.0667. The molecule has 0 fully saturated rings. The highest BCUT2D eigenvalue weighted by Crippen LogP contribution is 2.30. The summed E-state index contributed by atoms with van der Waals surface area (Å²) >= 11 is 0. The zero-order chi connectivity index (χ0) is 13.4. The van der Waals surface area contributed by atoms with Gasteiger partial charge in [0.15, 0.2) is 0 Å². The summed E-state index contributed by atoms with van der Waals surface area (Å²) in [6.45, 7) is 0. The summed E-state index contributed by atoms with van der Waals surface area (Å²) in [6, 6.07) is 13.4. The van der Waals surface area contributed by atoms with Crippen LogP contribution in [-0.4, -0.2) is 9.55 Å². The number of aromatic nitrogens is 2. The standard InChI is InChI=1S/C15H13N3O/c1-18-14-11(8-5-9-17-14)12(13(16)15(18)19)10-6-3-2-4-7-10/h2-9H,16H2,1H3. The molecule has 0 unspecified atom stereocenters. The van der Waals surface area contributed by atoms with Gasteiger partial charge in [0.1, 0.15) is 11.3 Å². The highest BCUT2D eigenvalue weighted by atomic mass is 16.1. The first-order valence-corrected chi connectivity index (χ1v) is 5.99. The topological polar surface area (TPSA) is 60.9 Å². The lowest BCUT2D eigenvalue weighted by Gasteiger charge is -2.12. The molecule has 4 heteroatoms. The van der Waals surface area contributed by atoms with Gasteiger partial charge >= 0.3 is 0 Å². The summed E-state index contributed by atoms with van der Waals surface area (Å²) in [7, 11) is 1.68. The molecule has 0 bridgehead atoms. The molecular formula is C15H13N3O. The largest absolute Gasteiger partial charge is 0.394 e. The van der Waals surface area contributed by atoms with Gasteiger partial charge in [-0.05, 0) is 17.7 Å². The molecular weight excluding hydrogens is 238 g/mol. The lowest BCUT2D eigenvalue weighted by Crippen LogP contribution is -2.22. The number of nitrogens with zero attached hydrogens (tertiary/aromatic N) is 2. The maximum atomic E-state index is 12.2. The molecule has 0 saturated heterocycles. The van der Waals surface area contributed by atoms with Crippen molar-refractivity contribution in [1.82, 2.24) is 9.55 Å². The first kappa shape index (κ1) is 11.5. The molecule has 0 amide bonds. The Balaban J connectivity index is 2.52. The van der Waals surface area contributed by atoms with Crippen LogP contribution in [0.4, 0.5) is 5.69 Å². The van der Waals surface area contributed by atoms with Crippen molar-refractivity contribution in [2.24, 2.45) is 7.05 Å². The second-order valence-corrected chi connectivity index (χ2v) is 4.39. The van der Waals surface area contributed by atoms with Crippen molar-refractivity contribution >= 4 is 16.7 Å². The predicted octanol–water partition coefficient (Wildman–Crippen LogP) is 2.18. The summed E-state index contributed by atoms with van der Waals surface area (Å²) in [5, 5.41) is 0.883. The minimum Gasteiger partial charge on any atom is -0.394 e. The monoisotopic (exact) mass is 251 g/mol. The summed E-state index contributed by atoms with van der Waals surface area (Å²) < 4.78 is 1.48. The van der Waals surface area contributed by atoms with Crippen LogP contribution in [0.25, 0.3) is 22.2 Å². The summed E-state index contributed by atoms with van der Waals surface area (Å²) in [4.78, 5) is 16.5. The molecule has 2 heterocycles. The van der Waals surface area contributed by atoms with Crippen LogP contribution in [0, 0.1) is 0 Å². The Morgan fingerprint density at radius 3 is 2.58 bits per heavy atom. The smallest absolute Gasteiger partial charge is 0.275 e. The second-order valence-electron chi connectivity index (χ2n) is 4.39. The van der Waals surface area contributed by atoms with Crippen LogP contribution in [-0.2, 0) is 7.05 Å². The number of pyridine rings is 2. The maximum absolute atomic E-state index is 12.2. The van der Waals surface area contributed by atoms with E-state index in [4.69, 9.17) is 5.73 Å². The molecule has 4 nitrogen and oxygen atoms in total. The average molecular weight is 251 g/mol. The minimum absolute atomic E-state index is 0.218. The van der Waals surface area contributed by atoms with Crippen molar-refractivity contribution in [2.75, 3.05) is 5.73 Å². The molecule has 1 aromatic carbocycles. The number of anilines is 1. The average Bonchev–Trinajstić information content (AvgIpc) is 2.46. The van der Waals surface area contributed by atoms with Crippen LogP contribution < -0.4 is 11.3 Å². The molecule has 0 aliphatic rings. The third kappa shape index (κ3) is 1.69. The van der Waals surface area contributed by atoms with E-state index < -0.39 is 0 Å². The molecule has 0 aliphatic carbocycles. The van der Waals surface area contributed by atoms with E-state index >= 15 is 0 Å². The number of hydrogen-bond acceptors (Lipinski definition) is 3. The van der Waals surface area contributed by atoms with Gasteiger partial charge in [0.2, 0.25) is 0 Å². The Labute approximate surface area is 110 Å². The van der Waals surface area contributed by atoms with Crippen LogP contribution in [0.15, 0.2) is 53.5 Å². The first-order valence-electron chi connectivity index (χ1n) is 5.99. The Bertz CT molecular complexity index is 807. The van der Waals surface area contributed by atoms with E-state index in [-0.39, 0.29) is 11.2 Å². The fourth-order valence-corrected chi connectivity index (χ4v) is 2.30. The molecule has 0 radical (unpaired) electrons. The molecule has 0 atom stereocenters. The predicted molar refractivity (Wildman–Crippen MR) is 76.8 cm³/mol. The van der Waals surface area contributed by atoms with E-state index in [1.165, 1.54) is 4.57 Å². The summed E-state index contributed by atoms with van der Waals surface area (Å²) in [6.07, 6.45) is 1.67. The second kappa shape index (κ2) is 4.24. The van der Waals surface area contributed by atoms with Crippen LogP contribution in [0.2, 0.25) is 0 Å². The highest BCUT2D eigenvalue weighted by Gasteiger charge is 2.14. The quantitative estimate of drug-likeness (QED) is 0.721. The van der Waals surface area contributed by atoms with Crippen molar-refractivity contribution in [1.29, 1.82) is 0 Å². The van der Waals surface area contributed by atoms with E-state index in [1.807, 2.05) is 42.5 Å². The third-order valence-electron chi connectivity index (χ3n) is 3.24. The SMILES string of the molecule is Cn1c(=O)c(N)c(-c2ccccc2)c2cccnc21. The molecule has 0 aliphatic heterocycles. The number of benzene rings is 1. The molecule has 3 rings (SSSR count). The molecule has 19 heavy (non-hydrogen) atoms. The highest BCUT2D eigenvalue weighted by molar-refractivity contribution is 5.98. The molecule has 2 N–H and O–H groups in total. The van der Waals surface area contributed by atoms with Crippen molar-refractivity contribution in [3.63, 3.8) is 0 Å². The van der Waals surface area contributed by atoms with Gasteiger partial charge in [-0.3, -0.25) is 9.36 Å². The van der Waals surface area contributed by atoms with Crippen LogP contribution in [0.3, 0.4) is 0 Å². The number of nitrogen functional groups attached to an aromatic ring is 1. The number of aryl methyl sites for hydroxylation is 1. The zero-order valence-corrected chi connectivity index (χ0v) is 10.5. The number of hydrogen-bond donors (Lipinski definition) is 1. The van der Waals surface area contributed by atoms with Crippen molar-refractivity contribution < 1.29 is 0 Å². The van der Waals surface area contributed by atoms with Crippen LogP contribution >= 0.6 is 0 Å². The van der Waals surface area contributed by atoms with E-state index in [0.717, 1.165) is 16.5 Å². The summed E-state index contributed by atoms with van der Waals surface area (Å²) in [5.74, 6) is 0. The number of nitrogens with two attached hydrogens (primary N) is 1. The lowest BCUT2D eigenvalue weighted by molar-refractivity contribution is 0.892. The van der Waals surface area contributed by atoms with Crippen molar-refractivity contribution in [3.8, 4) is 11.1 Å². The van der Waals surface area contributed by atoms with Gasteiger partial charge in [0.05, 0.1) is 0 Å². The Morgan fingerprint density at radius 2 is 1.84 bits per heavy atom. The lowest BCUT2D eigenvalue weighted by atomic mass is 10.0. The van der Waals surface area contributed by atoms with Gasteiger partial charge in [-0.15, -0.1) is 0 Å². The van der Waals surface area contributed by atoms with Gasteiger partial charge in [0.25, 0.3) is 5.56 Å². The van der Waals surface area contributed by atoms with E-state index in [0.29, 0.717) is 5.65 Å². The van der Waals surface area contributed by atoms with E-state index in [1.54, 1.807) is 13.2 Å². The number of fused-ring (bicyclic) bond motifs is 1. The van der Waals surface area contributed by atoms with E-state index in [2.05, 4.69) is 4.98 Å². The molecule has 3 aromatic rings. The van der Waals surface area contributed by atoms with Gasteiger partial charge in [-0.2, -0.15) is 0 Å². The van der Waals surface area contributed by atoms with Gasteiger partial charge in [-0.25, -0.2) is 4.98 Å². The normalized spacial score (nSPS) is 10.8. The van der Waals surface area contributed by atoms with Gasteiger partial charge < -0.3 is 5.73 Å². The first-order chi connectivity index (χ1) is 9.20. The molecule has 94 valence electrons. The fourth-order valence-electron chi connectivity index (χ4n) is 2.30. The third-order valence-corrected chi connectivity index (χ3v) is 3.24. The molecule has 0 saturated carbocycles.